The van der Waals surface area contributed by atoms with Crippen molar-refractivity contribution in [2.24, 2.45) is 5.41 Å². The van der Waals surface area contributed by atoms with E-state index in [1.165, 1.54) is 6.07 Å². The maximum absolute atomic E-state index is 12.5. The number of aromatic nitrogens is 5. The summed E-state index contributed by atoms with van der Waals surface area (Å²) >= 11 is 0. The molecule has 3 aromatic rings. The molecule has 2 aromatic heterocycles. The number of hydrogen-bond donors (Lipinski definition) is 3. The Kier molecular flexibility index (Phi) is 4.03. The number of hydrogen-bond acceptors (Lipinski definition) is 4. The molecule has 0 saturated carbocycles. The van der Waals surface area contributed by atoms with E-state index in [9.17, 15) is 9.59 Å². The summed E-state index contributed by atoms with van der Waals surface area (Å²) in [5.74, 6) is -0.104. The number of amides is 1. The van der Waals surface area contributed by atoms with Gasteiger partial charge in [0.15, 0.2) is 0 Å². The Morgan fingerprint density at radius 1 is 1.25 bits per heavy atom. The normalized spacial score (nSPS) is 11.4. The van der Waals surface area contributed by atoms with Crippen LogP contribution in [0.5, 0.6) is 0 Å². The molecule has 0 atom stereocenters. The Morgan fingerprint density at radius 2 is 2.00 bits per heavy atom. The zero-order valence-corrected chi connectivity index (χ0v) is 13.4. The van der Waals surface area contributed by atoms with Crippen LogP contribution in [-0.2, 0) is 11.2 Å². The Labute approximate surface area is 137 Å². The molecule has 0 radical (unpaired) electrons. The third kappa shape index (κ3) is 3.43. The van der Waals surface area contributed by atoms with Crippen molar-refractivity contribution in [2.45, 2.75) is 20.3 Å². The lowest BCUT2D eigenvalue weighted by Gasteiger charge is -2.22. The van der Waals surface area contributed by atoms with E-state index in [-0.39, 0.29) is 11.5 Å². The van der Waals surface area contributed by atoms with E-state index in [2.05, 4.69) is 25.8 Å². The van der Waals surface area contributed by atoms with Gasteiger partial charge < -0.3 is 5.32 Å². The minimum absolute atomic E-state index is 0.104. The molecule has 0 aliphatic carbocycles. The van der Waals surface area contributed by atoms with Crippen molar-refractivity contribution in [3.05, 3.63) is 58.8 Å². The quantitative estimate of drug-likeness (QED) is 0.660. The van der Waals surface area contributed by atoms with E-state index in [1.807, 2.05) is 26.0 Å². The van der Waals surface area contributed by atoms with Gasteiger partial charge in [-0.15, -0.1) is 0 Å². The topological polar surface area (TPSA) is 108 Å². The highest BCUT2D eigenvalue weighted by Gasteiger charge is 2.29. The molecule has 0 aliphatic heterocycles. The minimum Gasteiger partial charge on any atom is -0.326 e. The average molecular weight is 326 g/mol. The van der Waals surface area contributed by atoms with Gasteiger partial charge in [0.05, 0.1) is 17.6 Å². The Hall–Kier alpha value is -3.16. The lowest BCUT2D eigenvalue weighted by molar-refractivity contribution is -0.123. The smallest absolute Gasteiger partial charge is 0.264 e. The Balaban J connectivity index is 1.69. The molecule has 0 aliphatic rings. The SMILES string of the molecule is CC(C)(Cc1cn[nH]n1)C(=O)Nc1ccc(-n2ccc(=O)[nH]2)cc1. The Bertz CT molecular complexity index is 874. The van der Waals surface area contributed by atoms with Gasteiger partial charge in [0, 0.05) is 29.8 Å². The van der Waals surface area contributed by atoms with Gasteiger partial charge in [-0.3, -0.25) is 19.4 Å². The van der Waals surface area contributed by atoms with Crippen LogP contribution < -0.4 is 10.9 Å². The van der Waals surface area contributed by atoms with Gasteiger partial charge in [-0.05, 0) is 24.3 Å². The van der Waals surface area contributed by atoms with Crippen molar-refractivity contribution in [1.29, 1.82) is 0 Å². The molecule has 0 spiro atoms. The summed E-state index contributed by atoms with van der Waals surface area (Å²) in [5, 5.41) is 15.8. The average Bonchev–Trinajstić information content (AvgIpc) is 3.19. The molecule has 124 valence electrons. The maximum atomic E-state index is 12.5. The second kappa shape index (κ2) is 6.15. The number of nitrogens with one attached hydrogen (secondary N) is 3. The minimum atomic E-state index is -0.624. The first-order valence-corrected chi connectivity index (χ1v) is 7.48. The molecule has 0 unspecified atom stereocenters. The predicted octanol–water partition coefficient (Wildman–Crippen LogP) is 1.49. The first-order valence-electron chi connectivity index (χ1n) is 7.48. The zero-order chi connectivity index (χ0) is 17.2. The van der Waals surface area contributed by atoms with E-state index >= 15 is 0 Å². The molecule has 0 saturated heterocycles. The van der Waals surface area contributed by atoms with E-state index in [0.29, 0.717) is 12.1 Å². The first kappa shape index (κ1) is 15.7. The highest BCUT2D eigenvalue weighted by Crippen LogP contribution is 2.23. The molecule has 8 heteroatoms. The molecular weight excluding hydrogens is 308 g/mol. The van der Waals surface area contributed by atoms with Crippen LogP contribution in [0.2, 0.25) is 0 Å². The molecule has 24 heavy (non-hydrogen) atoms. The van der Waals surface area contributed by atoms with Gasteiger partial charge in [-0.25, -0.2) is 0 Å². The summed E-state index contributed by atoms with van der Waals surface area (Å²) in [7, 11) is 0. The monoisotopic (exact) mass is 326 g/mol. The van der Waals surface area contributed by atoms with Crippen molar-refractivity contribution in [2.75, 3.05) is 5.32 Å². The molecule has 0 fully saturated rings. The fraction of sp³-hybridized carbons (Fsp3) is 0.250. The lowest BCUT2D eigenvalue weighted by Crippen LogP contribution is -2.32. The second-order valence-electron chi connectivity index (χ2n) is 6.18. The molecule has 3 N–H and O–H groups in total. The molecule has 1 amide bonds. The van der Waals surface area contributed by atoms with Crippen LogP contribution in [0, 0.1) is 5.41 Å². The van der Waals surface area contributed by atoms with Crippen LogP contribution in [0.3, 0.4) is 0 Å². The van der Waals surface area contributed by atoms with Crippen molar-refractivity contribution in [3.8, 4) is 5.69 Å². The molecule has 0 bridgehead atoms. The van der Waals surface area contributed by atoms with E-state index in [1.54, 1.807) is 29.2 Å². The number of aromatic amines is 2. The highest BCUT2D eigenvalue weighted by molar-refractivity contribution is 5.95. The molecular formula is C16H18N6O2. The van der Waals surface area contributed by atoms with Crippen molar-refractivity contribution >= 4 is 11.6 Å². The van der Waals surface area contributed by atoms with Crippen LogP contribution >= 0.6 is 0 Å². The maximum Gasteiger partial charge on any atom is 0.264 e. The van der Waals surface area contributed by atoms with Crippen LogP contribution in [0.1, 0.15) is 19.5 Å². The van der Waals surface area contributed by atoms with Gasteiger partial charge in [-0.1, -0.05) is 13.8 Å². The van der Waals surface area contributed by atoms with Crippen molar-refractivity contribution in [1.82, 2.24) is 25.2 Å². The number of carbonyl (C=O) groups excluding carboxylic acids is 1. The summed E-state index contributed by atoms with van der Waals surface area (Å²) < 4.78 is 1.61. The van der Waals surface area contributed by atoms with E-state index in [4.69, 9.17) is 0 Å². The number of benzene rings is 1. The fourth-order valence-electron chi connectivity index (χ4n) is 2.34. The van der Waals surface area contributed by atoms with Gasteiger partial charge >= 0.3 is 0 Å². The third-order valence-electron chi connectivity index (χ3n) is 3.71. The predicted molar refractivity (Wildman–Crippen MR) is 88.9 cm³/mol. The Morgan fingerprint density at radius 3 is 2.58 bits per heavy atom. The van der Waals surface area contributed by atoms with Gasteiger partial charge in [0.1, 0.15) is 0 Å². The first-order chi connectivity index (χ1) is 11.4. The van der Waals surface area contributed by atoms with Crippen LogP contribution in [-0.4, -0.2) is 31.1 Å². The van der Waals surface area contributed by atoms with Gasteiger partial charge in [0.2, 0.25) is 5.91 Å². The largest absolute Gasteiger partial charge is 0.326 e. The van der Waals surface area contributed by atoms with Crippen molar-refractivity contribution < 1.29 is 4.79 Å². The van der Waals surface area contributed by atoms with Gasteiger partial charge in [-0.2, -0.15) is 15.4 Å². The number of nitrogens with zero attached hydrogens (tertiary/aromatic N) is 3. The molecule has 3 rings (SSSR count). The number of rotatable bonds is 5. The van der Waals surface area contributed by atoms with Crippen LogP contribution in [0.15, 0.2) is 47.5 Å². The van der Waals surface area contributed by atoms with E-state index in [0.717, 1.165) is 11.4 Å². The van der Waals surface area contributed by atoms with Gasteiger partial charge in [0.25, 0.3) is 5.56 Å². The molecule has 1 aromatic carbocycles. The lowest BCUT2D eigenvalue weighted by atomic mass is 9.87. The summed E-state index contributed by atoms with van der Waals surface area (Å²) in [6.45, 7) is 3.71. The number of H-pyrrole nitrogens is 2. The summed E-state index contributed by atoms with van der Waals surface area (Å²) in [6.07, 6.45) is 3.75. The summed E-state index contributed by atoms with van der Waals surface area (Å²) in [5.41, 5.74) is 1.44. The zero-order valence-electron chi connectivity index (χ0n) is 13.4. The number of carbonyl (C=O) groups is 1. The van der Waals surface area contributed by atoms with E-state index < -0.39 is 5.41 Å². The third-order valence-corrected chi connectivity index (χ3v) is 3.71. The summed E-state index contributed by atoms with van der Waals surface area (Å²) in [4.78, 5) is 23.7. The number of anilines is 1. The highest BCUT2D eigenvalue weighted by atomic mass is 16.2. The fourth-order valence-corrected chi connectivity index (χ4v) is 2.34. The van der Waals surface area contributed by atoms with Crippen molar-refractivity contribution in [3.63, 3.8) is 0 Å². The summed E-state index contributed by atoms with van der Waals surface area (Å²) in [6, 6.07) is 8.66. The standard InChI is InChI=1S/C16H18N6O2/c1-16(2,9-12-10-17-21-19-12)15(24)18-11-3-5-13(6-4-11)22-8-7-14(23)20-22/h3-8,10H,9H2,1-2H3,(H,18,24)(H,20,23)(H,17,19,21). The van der Waals surface area contributed by atoms with Crippen LogP contribution in [0.25, 0.3) is 5.69 Å². The second-order valence-corrected chi connectivity index (χ2v) is 6.18. The van der Waals surface area contributed by atoms with Crippen LogP contribution in [0.4, 0.5) is 5.69 Å². The molecule has 8 nitrogen and oxygen atoms in total. The molecule has 2 heterocycles.